The smallest absolute Gasteiger partial charge is 0.134 e. The van der Waals surface area contributed by atoms with Crippen LogP contribution < -0.4 is 14.7 Å². The average Bonchev–Trinajstić information content (AvgIpc) is 2.69. The van der Waals surface area contributed by atoms with E-state index in [1.807, 2.05) is 18.2 Å². The van der Waals surface area contributed by atoms with E-state index >= 15 is 0 Å². The van der Waals surface area contributed by atoms with E-state index in [0.29, 0.717) is 0 Å². The molecule has 2 fully saturated rings. The Kier molecular flexibility index (Phi) is 4.90. The van der Waals surface area contributed by atoms with E-state index in [1.54, 1.807) is 6.33 Å². The van der Waals surface area contributed by atoms with E-state index in [-0.39, 0.29) is 0 Å². The molecule has 2 aromatic rings. The first-order valence-corrected chi connectivity index (χ1v) is 9.07. The van der Waals surface area contributed by atoms with Gasteiger partial charge in [-0.15, -0.1) is 0 Å². The van der Waals surface area contributed by atoms with E-state index in [0.717, 1.165) is 69.1 Å². The second kappa shape index (κ2) is 7.45. The lowest BCUT2D eigenvalue weighted by atomic mass is 10.2. The van der Waals surface area contributed by atoms with Crippen LogP contribution in [0.1, 0.15) is 0 Å². The zero-order chi connectivity index (χ0) is 17.1. The number of morpholine rings is 1. The van der Waals surface area contributed by atoms with E-state index in [2.05, 4.69) is 36.8 Å². The summed E-state index contributed by atoms with van der Waals surface area (Å²) >= 11 is 6.11. The van der Waals surface area contributed by atoms with E-state index in [1.165, 1.54) is 5.69 Å². The van der Waals surface area contributed by atoms with Gasteiger partial charge in [0, 0.05) is 56.0 Å². The standard InChI is InChI=1S/C18H22ClN5O/c19-15-2-1-3-16(12-15)22-4-6-23(7-5-22)17-13-18(21-14-20-17)24-8-10-25-11-9-24/h1-3,12-14H,4-11H2. The van der Waals surface area contributed by atoms with Crippen LogP contribution in [0.4, 0.5) is 17.3 Å². The number of nitrogens with zero attached hydrogens (tertiary/aromatic N) is 5. The fourth-order valence-electron chi connectivity index (χ4n) is 3.34. The van der Waals surface area contributed by atoms with E-state index < -0.39 is 0 Å². The minimum atomic E-state index is 0.762. The highest BCUT2D eigenvalue weighted by Gasteiger charge is 2.20. The third-order valence-corrected chi connectivity index (χ3v) is 4.99. The van der Waals surface area contributed by atoms with Crippen LogP contribution in [-0.2, 0) is 4.74 Å². The number of hydrogen-bond donors (Lipinski definition) is 0. The molecule has 2 aliphatic heterocycles. The lowest BCUT2D eigenvalue weighted by molar-refractivity contribution is 0.122. The molecule has 1 aromatic heterocycles. The molecule has 2 saturated heterocycles. The van der Waals surface area contributed by atoms with Gasteiger partial charge in [0.2, 0.25) is 0 Å². The second-order valence-electron chi connectivity index (χ2n) is 6.29. The zero-order valence-electron chi connectivity index (χ0n) is 14.1. The van der Waals surface area contributed by atoms with Crippen LogP contribution in [0.2, 0.25) is 5.02 Å². The first-order chi connectivity index (χ1) is 12.3. The maximum atomic E-state index is 6.11. The Hall–Kier alpha value is -2.05. The topological polar surface area (TPSA) is 44.7 Å². The van der Waals surface area contributed by atoms with Crippen molar-refractivity contribution in [2.75, 3.05) is 67.2 Å². The molecule has 6 nitrogen and oxygen atoms in total. The molecule has 4 rings (SSSR count). The Morgan fingerprint density at radius 1 is 0.800 bits per heavy atom. The summed E-state index contributed by atoms with van der Waals surface area (Å²) in [5, 5.41) is 0.783. The second-order valence-corrected chi connectivity index (χ2v) is 6.72. The number of benzene rings is 1. The molecule has 0 saturated carbocycles. The fourth-order valence-corrected chi connectivity index (χ4v) is 3.53. The number of aromatic nitrogens is 2. The van der Waals surface area contributed by atoms with Crippen molar-refractivity contribution in [1.82, 2.24) is 9.97 Å². The largest absolute Gasteiger partial charge is 0.378 e. The van der Waals surface area contributed by atoms with Crippen molar-refractivity contribution in [2.24, 2.45) is 0 Å². The van der Waals surface area contributed by atoms with Crippen molar-refractivity contribution in [2.45, 2.75) is 0 Å². The molecule has 0 atom stereocenters. The Bertz CT molecular complexity index is 714. The lowest BCUT2D eigenvalue weighted by Crippen LogP contribution is -2.47. The molecule has 0 unspecified atom stereocenters. The molecule has 0 amide bonds. The van der Waals surface area contributed by atoms with Gasteiger partial charge in [-0.05, 0) is 18.2 Å². The Morgan fingerprint density at radius 3 is 2.12 bits per heavy atom. The summed E-state index contributed by atoms with van der Waals surface area (Å²) in [4.78, 5) is 15.9. The van der Waals surface area contributed by atoms with Crippen molar-refractivity contribution in [3.8, 4) is 0 Å². The quantitative estimate of drug-likeness (QED) is 0.838. The summed E-state index contributed by atoms with van der Waals surface area (Å²) in [5.74, 6) is 1.99. The van der Waals surface area contributed by atoms with Gasteiger partial charge in [-0.25, -0.2) is 9.97 Å². The van der Waals surface area contributed by atoms with Gasteiger partial charge in [-0.1, -0.05) is 17.7 Å². The van der Waals surface area contributed by atoms with Crippen LogP contribution in [0.3, 0.4) is 0 Å². The van der Waals surface area contributed by atoms with Crippen LogP contribution in [0.15, 0.2) is 36.7 Å². The van der Waals surface area contributed by atoms with Crippen LogP contribution in [0.25, 0.3) is 0 Å². The van der Waals surface area contributed by atoms with Crippen molar-refractivity contribution in [3.05, 3.63) is 41.7 Å². The van der Waals surface area contributed by atoms with Gasteiger partial charge >= 0.3 is 0 Å². The molecule has 2 aliphatic rings. The molecular weight excluding hydrogens is 338 g/mol. The van der Waals surface area contributed by atoms with E-state index in [4.69, 9.17) is 16.3 Å². The number of halogens is 1. The maximum Gasteiger partial charge on any atom is 0.134 e. The molecule has 7 heteroatoms. The third-order valence-electron chi connectivity index (χ3n) is 4.75. The summed E-state index contributed by atoms with van der Waals surface area (Å²) in [6, 6.07) is 10.2. The first-order valence-electron chi connectivity index (χ1n) is 8.70. The lowest BCUT2D eigenvalue weighted by Gasteiger charge is -2.37. The van der Waals surface area contributed by atoms with Gasteiger partial charge in [0.1, 0.15) is 18.0 Å². The van der Waals surface area contributed by atoms with Crippen LogP contribution in [-0.4, -0.2) is 62.5 Å². The van der Waals surface area contributed by atoms with Crippen molar-refractivity contribution in [3.63, 3.8) is 0 Å². The molecular formula is C18H22ClN5O. The normalized spacial score (nSPS) is 18.5. The Morgan fingerprint density at radius 2 is 1.44 bits per heavy atom. The molecule has 132 valence electrons. The van der Waals surface area contributed by atoms with Crippen LogP contribution >= 0.6 is 11.6 Å². The molecule has 0 spiro atoms. The van der Waals surface area contributed by atoms with Crippen LogP contribution in [0.5, 0.6) is 0 Å². The summed E-state index contributed by atoms with van der Waals surface area (Å²) in [6.07, 6.45) is 1.67. The van der Waals surface area contributed by atoms with Gasteiger partial charge < -0.3 is 19.4 Å². The first kappa shape index (κ1) is 16.4. The maximum absolute atomic E-state index is 6.11. The summed E-state index contributed by atoms with van der Waals surface area (Å²) in [5.41, 5.74) is 1.18. The Balaban J connectivity index is 1.42. The molecule has 3 heterocycles. The van der Waals surface area contributed by atoms with Gasteiger partial charge in [0.25, 0.3) is 0 Å². The molecule has 0 N–H and O–H groups in total. The van der Waals surface area contributed by atoms with Crippen LogP contribution in [0, 0.1) is 0 Å². The number of anilines is 3. The highest BCUT2D eigenvalue weighted by atomic mass is 35.5. The van der Waals surface area contributed by atoms with Gasteiger partial charge in [0.15, 0.2) is 0 Å². The molecule has 0 radical (unpaired) electrons. The minimum Gasteiger partial charge on any atom is -0.378 e. The van der Waals surface area contributed by atoms with Crippen molar-refractivity contribution in [1.29, 1.82) is 0 Å². The molecule has 25 heavy (non-hydrogen) atoms. The summed E-state index contributed by atoms with van der Waals surface area (Å²) < 4.78 is 5.42. The highest BCUT2D eigenvalue weighted by Crippen LogP contribution is 2.23. The predicted octanol–water partition coefficient (Wildman–Crippen LogP) is 2.29. The van der Waals surface area contributed by atoms with Gasteiger partial charge in [-0.3, -0.25) is 0 Å². The molecule has 0 bridgehead atoms. The zero-order valence-corrected chi connectivity index (χ0v) is 14.9. The minimum absolute atomic E-state index is 0.762. The number of ether oxygens (including phenoxy) is 1. The van der Waals surface area contributed by atoms with Gasteiger partial charge in [-0.2, -0.15) is 0 Å². The predicted molar refractivity (Wildman–Crippen MR) is 101 cm³/mol. The monoisotopic (exact) mass is 359 g/mol. The Labute approximate surface area is 153 Å². The summed E-state index contributed by atoms with van der Waals surface area (Å²) in [6.45, 7) is 7.08. The van der Waals surface area contributed by atoms with E-state index in [9.17, 15) is 0 Å². The fraction of sp³-hybridized carbons (Fsp3) is 0.444. The number of rotatable bonds is 3. The molecule has 0 aliphatic carbocycles. The highest BCUT2D eigenvalue weighted by molar-refractivity contribution is 6.30. The number of piperazine rings is 1. The third kappa shape index (κ3) is 3.80. The van der Waals surface area contributed by atoms with Crippen molar-refractivity contribution < 1.29 is 4.74 Å². The number of hydrogen-bond acceptors (Lipinski definition) is 6. The van der Waals surface area contributed by atoms with Crippen molar-refractivity contribution >= 4 is 28.9 Å². The SMILES string of the molecule is Clc1cccc(N2CCN(c3cc(N4CCOCC4)ncn3)CC2)c1. The molecule has 1 aromatic carbocycles. The summed E-state index contributed by atoms with van der Waals surface area (Å²) in [7, 11) is 0. The average molecular weight is 360 g/mol. The van der Waals surface area contributed by atoms with Gasteiger partial charge in [0.05, 0.1) is 13.2 Å².